The fourth-order valence-corrected chi connectivity index (χ4v) is 5.71. The summed E-state index contributed by atoms with van der Waals surface area (Å²) >= 11 is 7.46. The number of hydrogen-bond acceptors (Lipinski definition) is 8. The predicted octanol–water partition coefficient (Wildman–Crippen LogP) is 4.34. The fraction of sp³-hybridized carbons (Fsp3) is 0.318. The minimum absolute atomic E-state index is 0.0944. The number of likely N-dealkylation sites (tertiary alicyclic amines) is 1. The third-order valence-corrected chi connectivity index (χ3v) is 7.83. The molecule has 0 spiro atoms. The van der Waals surface area contributed by atoms with E-state index in [0.29, 0.717) is 11.1 Å². The molecule has 1 aliphatic rings. The van der Waals surface area contributed by atoms with E-state index in [4.69, 9.17) is 21.5 Å². The smallest absolute Gasteiger partial charge is 0.475 e. The molecule has 1 fully saturated rings. The standard InChI is InChI=1S/C20H22ClN5O2S2.C2HF3O2/c1-25(16-9-10-26(13-16)12-15-5-3-2-4-6-15)19-8-7-17(11-18(19)21)30(27,28)24-20-22-14-23-29-20;3-2(4,5)1(6)7/h2-8,11,14,16H,9-10,12-13H2,1H3,(H,22,23,24);(H,6,7). The molecule has 1 unspecified atom stereocenters. The lowest BCUT2D eigenvalue weighted by Crippen LogP contribution is -2.34. The highest BCUT2D eigenvalue weighted by molar-refractivity contribution is 7.93. The summed E-state index contributed by atoms with van der Waals surface area (Å²) in [5.74, 6) is -2.76. The monoisotopic (exact) mass is 577 g/mol. The molecule has 200 valence electrons. The maximum absolute atomic E-state index is 12.6. The number of halogens is 4. The molecule has 2 aromatic carbocycles. The summed E-state index contributed by atoms with van der Waals surface area (Å²) in [4.78, 5) is 17.4. The second kappa shape index (κ2) is 12.1. The van der Waals surface area contributed by atoms with Crippen LogP contribution in [0.2, 0.25) is 5.02 Å². The molecule has 2 heterocycles. The maximum atomic E-state index is 12.6. The number of aliphatic carboxylic acids is 1. The number of sulfonamides is 1. The molecule has 2 N–H and O–H groups in total. The van der Waals surface area contributed by atoms with Gasteiger partial charge in [-0.3, -0.25) is 9.62 Å². The predicted molar refractivity (Wildman–Crippen MR) is 134 cm³/mol. The number of likely N-dealkylation sites (N-methyl/N-ethyl adjacent to an activating group) is 1. The number of alkyl halides is 3. The van der Waals surface area contributed by atoms with Gasteiger partial charge in [0.1, 0.15) is 6.33 Å². The van der Waals surface area contributed by atoms with Crippen molar-refractivity contribution in [2.75, 3.05) is 29.8 Å². The molecule has 1 aliphatic heterocycles. The van der Waals surface area contributed by atoms with Crippen molar-refractivity contribution in [3.05, 3.63) is 65.4 Å². The summed E-state index contributed by atoms with van der Waals surface area (Å²) in [6.45, 7) is 2.87. The number of benzene rings is 2. The van der Waals surface area contributed by atoms with Gasteiger partial charge in [-0.15, -0.1) is 0 Å². The average molecular weight is 578 g/mol. The van der Waals surface area contributed by atoms with Gasteiger partial charge in [0.2, 0.25) is 5.13 Å². The molecular weight excluding hydrogens is 555 g/mol. The van der Waals surface area contributed by atoms with Crippen molar-refractivity contribution in [2.24, 2.45) is 0 Å². The van der Waals surface area contributed by atoms with Crippen LogP contribution in [0.3, 0.4) is 0 Å². The van der Waals surface area contributed by atoms with E-state index in [1.165, 1.54) is 18.0 Å². The van der Waals surface area contributed by atoms with Crippen LogP contribution >= 0.6 is 23.1 Å². The van der Waals surface area contributed by atoms with Crippen molar-refractivity contribution in [3.8, 4) is 0 Å². The molecule has 0 radical (unpaired) electrons. The molecule has 4 rings (SSSR count). The van der Waals surface area contributed by atoms with Crippen molar-refractivity contribution in [2.45, 2.75) is 30.1 Å². The zero-order valence-corrected chi connectivity index (χ0v) is 21.8. The van der Waals surface area contributed by atoms with Crippen LogP contribution in [0.5, 0.6) is 0 Å². The fourth-order valence-electron chi connectivity index (χ4n) is 3.64. The van der Waals surface area contributed by atoms with Gasteiger partial charge in [0.25, 0.3) is 10.0 Å². The molecule has 0 aliphatic carbocycles. The second-order valence-corrected chi connectivity index (χ2v) is 10.9. The van der Waals surface area contributed by atoms with Gasteiger partial charge in [0, 0.05) is 44.3 Å². The number of aromatic nitrogens is 2. The number of anilines is 2. The van der Waals surface area contributed by atoms with Gasteiger partial charge >= 0.3 is 12.1 Å². The normalized spacial score (nSPS) is 16.1. The molecule has 3 aromatic rings. The zero-order valence-electron chi connectivity index (χ0n) is 19.4. The number of carboxylic acids is 1. The molecular formula is C22H23ClF3N5O4S2. The van der Waals surface area contributed by atoms with E-state index in [-0.39, 0.29) is 10.0 Å². The first-order chi connectivity index (χ1) is 17.4. The molecule has 0 bridgehead atoms. The van der Waals surface area contributed by atoms with Gasteiger partial charge in [-0.25, -0.2) is 18.2 Å². The Labute approximate surface area is 220 Å². The van der Waals surface area contributed by atoms with E-state index in [1.807, 2.05) is 13.1 Å². The van der Waals surface area contributed by atoms with E-state index >= 15 is 0 Å². The summed E-state index contributed by atoms with van der Waals surface area (Å²) in [5, 5.41) is 7.75. The van der Waals surface area contributed by atoms with Crippen molar-refractivity contribution in [3.63, 3.8) is 0 Å². The Balaban J connectivity index is 0.000000479. The summed E-state index contributed by atoms with van der Waals surface area (Å²) in [6.07, 6.45) is -2.76. The topological polar surface area (TPSA) is 116 Å². The molecule has 1 saturated heterocycles. The third-order valence-electron chi connectivity index (χ3n) is 5.48. The molecule has 37 heavy (non-hydrogen) atoms. The molecule has 1 aromatic heterocycles. The molecule has 1 atom stereocenters. The minimum Gasteiger partial charge on any atom is -0.475 e. The van der Waals surface area contributed by atoms with Crippen LogP contribution in [-0.4, -0.2) is 66.1 Å². The van der Waals surface area contributed by atoms with Crippen LogP contribution in [-0.2, 0) is 21.4 Å². The van der Waals surface area contributed by atoms with Crippen LogP contribution in [0.15, 0.2) is 59.8 Å². The Kier molecular flexibility index (Phi) is 9.34. The van der Waals surface area contributed by atoms with Gasteiger partial charge in [-0.05, 0) is 30.2 Å². The maximum Gasteiger partial charge on any atom is 0.490 e. The van der Waals surface area contributed by atoms with Crippen LogP contribution in [0.4, 0.5) is 24.0 Å². The lowest BCUT2D eigenvalue weighted by Gasteiger charge is -2.28. The quantitative estimate of drug-likeness (QED) is 0.426. The Morgan fingerprint density at radius 1 is 1.27 bits per heavy atom. The first kappa shape index (κ1) is 28.6. The van der Waals surface area contributed by atoms with Gasteiger partial charge < -0.3 is 10.0 Å². The van der Waals surface area contributed by atoms with Crippen LogP contribution < -0.4 is 9.62 Å². The van der Waals surface area contributed by atoms with Gasteiger partial charge in [-0.1, -0.05) is 41.9 Å². The number of hydrogen-bond donors (Lipinski definition) is 2. The number of nitrogens with one attached hydrogen (secondary N) is 1. The van der Waals surface area contributed by atoms with Gasteiger partial charge in [0.05, 0.1) is 15.6 Å². The van der Waals surface area contributed by atoms with Crippen molar-refractivity contribution >= 4 is 49.9 Å². The van der Waals surface area contributed by atoms with E-state index in [0.717, 1.165) is 43.3 Å². The molecule has 0 saturated carbocycles. The summed E-state index contributed by atoms with van der Waals surface area (Å²) < 4.78 is 63.1. The van der Waals surface area contributed by atoms with Crippen molar-refractivity contribution < 1.29 is 31.5 Å². The Morgan fingerprint density at radius 2 is 1.95 bits per heavy atom. The average Bonchev–Trinajstić information content (AvgIpc) is 3.51. The molecule has 0 amide bonds. The largest absolute Gasteiger partial charge is 0.490 e. The number of rotatable bonds is 7. The van der Waals surface area contributed by atoms with Gasteiger partial charge in [0.15, 0.2) is 0 Å². The summed E-state index contributed by atoms with van der Waals surface area (Å²) in [7, 11) is -1.76. The van der Waals surface area contributed by atoms with Crippen molar-refractivity contribution in [1.29, 1.82) is 0 Å². The van der Waals surface area contributed by atoms with Crippen LogP contribution in [0, 0.1) is 0 Å². The second-order valence-electron chi connectivity index (χ2n) is 8.04. The molecule has 15 heteroatoms. The lowest BCUT2D eigenvalue weighted by molar-refractivity contribution is -0.192. The first-order valence-electron chi connectivity index (χ1n) is 10.7. The van der Waals surface area contributed by atoms with E-state index in [9.17, 15) is 21.6 Å². The Hall–Kier alpha value is -2.94. The van der Waals surface area contributed by atoms with E-state index in [1.54, 1.807) is 12.1 Å². The number of nitrogens with zero attached hydrogens (tertiary/aromatic N) is 4. The van der Waals surface area contributed by atoms with Crippen LogP contribution in [0.1, 0.15) is 12.0 Å². The van der Waals surface area contributed by atoms with E-state index < -0.39 is 22.2 Å². The highest BCUT2D eigenvalue weighted by atomic mass is 35.5. The minimum atomic E-state index is -5.08. The Morgan fingerprint density at radius 3 is 2.51 bits per heavy atom. The SMILES string of the molecule is CN(c1ccc(S(=O)(=O)Nc2ncns2)cc1Cl)C1CCN(Cc2ccccc2)C1.O=C(O)C(F)(F)F. The van der Waals surface area contributed by atoms with Crippen molar-refractivity contribution in [1.82, 2.24) is 14.3 Å². The molecule has 9 nitrogen and oxygen atoms in total. The van der Waals surface area contributed by atoms with Gasteiger partial charge in [-0.2, -0.15) is 17.5 Å². The zero-order chi connectivity index (χ0) is 27.2. The highest BCUT2D eigenvalue weighted by Crippen LogP contribution is 2.32. The third kappa shape index (κ3) is 8.02. The van der Waals surface area contributed by atoms with Crippen LogP contribution in [0.25, 0.3) is 0 Å². The summed E-state index contributed by atoms with van der Waals surface area (Å²) in [6, 6.07) is 15.6. The van der Waals surface area contributed by atoms with E-state index in [2.05, 4.69) is 48.1 Å². The number of carboxylic acid groups (broad SMARTS) is 1. The Bertz CT molecular complexity index is 1300. The number of carbonyl (C=O) groups is 1. The first-order valence-corrected chi connectivity index (χ1v) is 13.4. The lowest BCUT2D eigenvalue weighted by atomic mass is 10.2. The highest BCUT2D eigenvalue weighted by Gasteiger charge is 2.38. The summed E-state index contributed by atoms with van der Waals surface area (Å²) in [5.41, 5.74) is 2.12.